The van der Waals surface area contributed by atoms with Crippen molar-refractivity contribution >= 4 is 27.7 Å². The third-order valence-corrected chi connectivity index (χ3v) is 3.47. The lowest BCUT2D eigenvalue weighted by Crippen LogP contribution is -2.14. The third kappa shape index (κ3) is 2.64. The number of Topliss-reactive ketones (excluding diaryl/α,β-unsaturated/α-hetero) is 1. The number of halogens is 1. The number of hydrogen-bond acceptors (Lipinski definition) is 2. The van der Waals surface area contributed by atoms with E-state index in [0.29, 0.717) is 12.0 Å². The summed E-state index contributed by atoms with van der Waals surface area (Å²) in [4.78, 5) is 21.9. The molecule has 88 valence electrons. The third-order valence-electron chi connectivity index (χ3n) is 2.94. The van der Waals surface area contributed by atoms with Crippen molar-refractivity contribution in [3.05, 3.63) is 46.0 Å². The number of carboxylic acid groups (broad SMARTS) is 1. The Labute approximate surface area is 107 Å². The minimum atomic E-state index is -1.37. The van der Waals surface area contributed by atoms with Gasteiger partial charge in [0.1, 0.15) is 0 Å². The lowest BCUT2D eigenvalue weighted by molar-refractivity contribution is -0.147. The van der Waals surface area contributed by atoms with Crippen LogP contribution in [-0.4, -0.2) is 16.9 Å². The molecule has 1 aromatic carbocycles. The number of benzene rings is 1. The summed E-state index contributed by atoms with van der Waals surface area (Å²) < 4.78 is 1.01. The molecule has 0 aromatic heterocycles. The van der Waals surface area contributed by atoms with Gasteiger partial charge in [-0.2, -0.15) is 0 Å². The van der Waals surface area contributed by atoms with Crippen molar-refractivity contribution in [1.82, 2.24) is 0 Å². The molecule has 0 bridgehead atoms. The number of carboxylic acids is 1. The van der Waals surface area contributed by atoms with Gasteiger partial charge in [-0.05, 0) is 36.5 Å². The molecule has 1 N–H and O–H groups in total. The quantitative estimate of drug-likeness (QED) is 0.872. The molecule has 0 aliphatic heterocycles. The molecule has 2 rings (SSSR count). The second kappa shape index (κ2) is 4.84. The molecule has 0 amide bonds. The number of aliphatic carboxylic acids is 1. The van der Waals surface area contributed by atoms with Crippen LogP contribution in [0.15, 0.2) is 40.4 Å². The van der Waals surface area contributed by atoms with Crippen molar-refractivity contribution in [3.63, 3.8) is 0 Å². The van der Waals surface area contributed by atoms with Gasteiger partial charge in [-0.1, -0.05) is 34.1 Å². The Balaban J connectivity index is 2.08. The summed E-state index contributed by atoms with van der Waals surface area (Å²) in [5.74, 6) is -1.92. The lowest BCUT2D eigenvalue weighted by Gasteiger charge is -2.10. The first kappa shape index (κ1) is 12.0. The summed E-state index contributed by atoms with van der Waals surface area (Å²) in [6.45, 7) is 0. The summed E-state index contributed by atoms with van der Waals surface area (Å²) in [6, 6.07) is 7.90. The van der Waals surface area contributed by atoms with E-state index < -0.39 is 11.8 Å². The van der Waals surface area contributed by atoms with E-state index in [-0.39, 0.29) is 5.92 Å². The number of allylic oxidation sites excluding steroid dienone is 1. The van der Waals surface area contributed by atoms with Gasteiger partial charge in [0.25, 0.3) is 5.78 Å². The molecular weight excluding hydrogens is 284 g/mol. The SMILES string of the molecule is O=C(O)C(=O)C1=CCC(c2ccc(Br)cc2)C1. The average Bonchev–Trinajstić information content (AvgIpc) is 2.78. The maximum atomic E-state index is 11.3. The second-order valence-electron chi connectivity index (χ2n) is 4.05. The summed E-state index contributed by atoms with van der Waals surface area (Å²) in [5, 5.41) is 8.64. The van der Waals surface area contributed by atoms with E-state index in [4.69, 9.17) is 5.11 Å². The first-order valence-electron chi connectivity index (χ1n) is 5.30. The standard InChI is InChI=1S/C13H11BrO3/c14-11-5-3-8(4-6-11)9-1-2-10(7-9)12(15)13(16)17/h2-6,9H,1,7H2,(H,16,17). The highest BCUT2D eigenvalue weighted by Crippen LogP contribution is 2.34. The van der Waals surface area contributed by atoms with E-state index in [1.807, 2.05) is 24.3 Å². The van der Waals surface area contributed by atoms with Gasteiger partial charge in [-0.25, -0.2) is 4.79 Å². The summed E-state index contributed by atoms with van der Waals surface area (Å²) in [6.07, 6.45) is 2.99. The van der Waals surface area contributed by atoms with Crippen molar-refractivity contribution < 1.29 is 14.7 Å². The molecule has 3 nitrogen and oxygen atoms in total. The number of ketones is 1. The number of carbonyl (C=O) groups excluding carboxylic acids is 1. The molecule has 0 radical (unpaired) electrons. The topological polar surface area (TPSA) is 54.4 Å². The number of carbonyl (C=O) groups is 2. The second-order valence-corrected chi connectivity index (χ2v) is 4.97. The lowest BCUT2D eigenvalue weighted by atomic mass is 9.95. The van der Waals surface area contributed by atoms with Crippen molar-refractivity contribution in [2.24, 2.45) is 0 Å². The maximum absolute atomic E-state index is 11.3. The Kier molecular flexibility index (Phi) is 3.43. The molecule has 1 aromatic rings. The van der Waals surface area contributed by atoms with E-state index in [9.17, 15) is 9.59 Å². The van der Waals surface area contributed by atoms with Crippen LogP contribution in [0.5, 0.6) is 0 Å². The average molecular weight is 295 g/mol. The Hall–Kier alpha value is -1.42. The van der Waals surface area contributed by atoms with Gasteiger partial charge in [0, 0.05) is 10.0 Å². The zero-order valence-corrected chi connectivity index (χ0v) is 10.6. The minimum absolute atomic E-state index is 0.224. The Morgan fingerprint density at radius 1 is 1.24 bits per heavy atom. The predicted octanol–water partition coefficient (Wildman–Crippen LogP) is 2.91. The highest BCUT2D eigenvalue weighted by Gasteiger charge is 2.26. The summed E-state index contributed by atoms with van der Waals surface area (Å²) in [7, 11) is 0. The smallest absolute Gasteiger partial charge is 0.376 e. The Morgan fingerprint density at radius 3 is 2.47 bits per heavy atom. The number of rotatable bonds is 3. The molecule has 0 saturated heterocycles. The Bertz CT molecular complexity index is 488. The maximum Gasteiger partial charge on any atom is 0.376 e. The fourth-order valence-electron chi connectivity index (χ4n) is 2.03. The molecule has 0 fully saturated rings. The molecule has 1 atom stereocenters. The van der Waals surface area contributed by atoms with Gasteiger partial charge in [0.05, 0.1) is 0 Å². The van der Waals surface area contributed by atoms with Crippen LogP contribution in [0.3, 0.4) is 0 Å². The molecular formula is C13H11BrO3. The molecule has 17 heavy (non-hydrogen) atoms. The first-order valence-corrected chi connectivity index (χ1v) is 6.09. The first-order chi connectivity index (χ1) is 8.08. The zero-order valence-electron chi connectivity index (χ0n) is 9.02. The van der Waals surface area contributed by atoms with Crippen LogP contribution in [-0.2, 0) is 9.59 Å². The summed E-state index contributed by atoms with van der Waals surface area (Å²) in [5.41, 5.74) is 1.56. The van der Waals surface area contributed by atoms with E-state index >= 15 is 0 Å². The highest BCUT2D eigenvalue weighted by molar-refractivity contribution is 9.10. The van der Waals surface area contributed by atoms with Crippen LogP contribution in [0.1, 0.15) is 24.3 Å². The highest BCUT2D eigenvalue weighted by atomic mass is 79.9. The monoisotopic (exact) mass is 294 g/mol. The van der Waals surface area contributed by atoms with Gasteiger partial charge >= 0.3 is 5.97 Å². The minimum Gasteiger partial charge on any atom is -0.475 e. The summed E-state index contributed by atoms with van der Waals surface area (Å²) >= 11 is 3.36. The van der Waals surface area contributed by atoms with Crippen LogP contribution >= 0.6 is 15.9 Å². The van der Waals surface area contributed by atoms with Crippen LogP contribution < -0.4 is 0 Å². The van der Waals surface area contributed by atoms with Crippen LogP contribution in [0, 0.1) is 0 Å². The van der Waals surface area contributed by atoms with Crippen LogP contribution in [0.4, 0.5) is 0 Å². The fourth-order valence-corrected chi connectivity index (χ4v) is 2.29. The molecule has 4 heteroatoms. The largest absolute Gasteiger partial charge is 0.475 e. The van der Waals surface area contributed by atoms with Crippen molar-refractivity contribution in [1.29, 1.82) is 0 Å². The predicted molar refractivity (Wildman–Crippen MR) is 66.8 cm³/mol. The van der Waals surface area contributed by atoms with E-state index in [2.05, 4.69) is 15.9 Å². The van der Waals surface area contributed by atoms with Crippen molar-refractivity contribution in [3.8, 4) is 0 Å². The van der Waals surface area contributed by atoms with E-state index in [1.54, 1.807) is 6.08 Å². The van der Waals surface area contributed by atoms with Crippen LogP contribution in [0.2, 0.25) is 0 Å². The van der Waals surface area contributed by atoms with Crippen molar-refractivity contribution in [2.75, 3.05) is 0 Å². The van der Waals surface area contributed by atoms with E-state index in [1.165, 1.54) is 0 Å². The number of hydrogen-bond donors (Lipinski definition) is 1. The normalized spacial score (nSPS) is 18.9. The molecule has 1 aliphatic rings. The van der Waals surface area contributed by atoms with Gasteiger partial charge in [-0.15, -0.1) is 0 Å². The van der Waals surface area contributed by atoms with Crippen LogP contribution in [0.25, 0.3) is 0 Å². The Morgan fingerprint density at radius 2 is 1.88 bits per heavy atom. The van der Waals surface area contributed by atoms with Gasteiger partial charge in [0.15, 0.2) is 0 Å². The van der Waals surface area contributed by atoms with E-state index in [0.717, 1.165) is 16.5 Å². The molecule has 0 saturated carbocycles. The van der Waals surface area contributed by atoms with Crippen molar-refractivity contribution in [2.45, 2.75) is 18.8 Å². The zero-order chi connectivity index (χ0) is 12.4. The molecule has 0 heterocycles. The molecule has 0 spiro atoms. The van der Waals surface area contributed by atoms with Gasteiger partial charge in [-0.3, -0.25) is 4.79 Å². The molecule has 1 unspecified atom stereocenters. The molecule has 1 aliphatic carbocycles. The van der Waals surface area contributed by atoms with Gasteiger partial charge < -0.3 is 5.11 Å². The van der Waals surface area contributed by atoms with Gasteiger partial charge in [0.2, 0.25) is 0 Å². The fraction of sp³-hybridized carbons (Fsp3) is 0.231.